The molecule has 0 fully saturated rings. The van der Waals surface area contributed by atoms with E-state index < -0.39 is 21.2 Å². The summed E-state index contributed by atoms with van der Waals surface area (Å²) in [4.78, 5) is 11.1. The lowest BCUT2D eigenvalue weighted by Gasteiger charge is -2.08. The van der Waals surface area contributed by atoms with Gasteiger partial charge in [0, 0.05) is 0 Å². The van der Waals surface area contributed by atoms with E-state index in [2.05, 4.69) is 5.14 Å². The molecule has 0 spiro atoms. The van der Waals surface area contributed by atoms with Gasteiger partial charge in [-0.05, 0) is 12.0 Å². The molecule has 0 saturated carbocycles. The number of rotatable bonds is 3. The van der Waals surface area contributed by atoms with Crippen molar-refractivity contribution in [3.63, 3.8) is 0 Å². The van der Waals surface area contributed by atoms with E-state index in [1.165, 1.54) is 0 Å². The van der Waals surface area contributed by atoms with Crippen LogP contribution in [-0.4, -0.2) is 19.6 Å². The summed E-state index contributed by atoms with van der Waals surface area (Å²) in [7, 11) is -4.19. The fourth-order valence-corrected chi connectivity index (χ4v) is 1.67. The first-order valence-electron chi connectivity index (χ1n) is 4.27. The first-order chi connectivity index (χ1) is 6.91. The Bertz CT molecular complexity index is 442. The van der Waals surface area contributed by atoms with Crippen LogP contribution in [-0.2, 0) is 21.2 Å². The van der Waals surface area contributed by atoms with E-state index in [1.807, 2.05) is 6.07 Å². The van der Waals surface area contributed by atoms with Gasteiger partial charge in [0.05, 0.1) is 6.04 Å². The molecule has 0 bridgehead atoms. The molecule has 0 heterocycles. The predicted octanol–water partition coefficient (Wildman–Crippen LogP) is -0.628. The third-order valence-corrected chi connectivity index (χ3v) is 2.75. The first-order valence-corrected chi connectivity index (χ1v) is 5.82. The van der Waals surface area contributed by atoms with Crippen LogP contribution in [0.5, 0.6) is 0 Å². The number of hydrogen-bond acceptors (Lipinski definition) is 4. The third-order valence-electron chi connectivity index (χ3n) is 1.88. The van der Waals surface area contributed by atoms with Crippen molar-refractivity contribution in [3.05, 3.63) is 35.9 Å². The van der Waals surface area contributed by atoms with Gasteiger partial charge in [-0.25, -0.2) is 13.6 Å². The highest BCUT2D eigenvalue weighted by molar-refractivity contribution is 8.04. The maximum atomic E-state index is 11.1. The molecule has 0 aliphatic rings. The SMILES string of the molecule is NC(Cc1ccccc1)C(=O)S(N)(=O)=O. The van der Waals surface area contributed by atoms with E-state index >= 15 is 0 Å². The molecule has 0 aliphatic heterocycles. The summed E-state index contributed by atoms with van der Waals surface area (Å²) >= 11 is 0. The Balaban J connectivity index is 2.73. The highest BCUT2D eigenvalue weighted by Gasteiger charge is 2.24. The van der Waals surface area contributed by atoms with Crippen LogP contribution >= 0.6 is 0 Å². The number of sulfonamides is 1. The molecule has 6 heteroatoms. The molecular formula is C9H12N2O3S. The number of benzene rings is 1. The van der Waals surface area contributed by atoms with Crippen molar-refractivity contribution in [3.8, 4) is 0 Å². The molecule has 1 atom stereocenters. The van der Waals surface area contributed by atoms with Gasteiger partial charge in [0.2, 0.25) is 0 Å². The minimum Gasteiger partial charge on any atom is -0.320 e. The number of carbonyl (C=O) groups excluding carboxylic acids is 1. The van der Waals surface area contributed by atoms with Gasteiger partial charge < -0.3 is 5.73 Å². The van der Waals surface area contributed by atoms with Crippen LogP contribution in [0.25, 0.3) is 0 Å². The van der Waals surface area contributed by atoms with Gasteiger partial charge in [0.15, 0.2) is 0 Å². The number of nitrogens with two attached hydrogens (primary N) is 2. The van der Waals surface area contributed by atoms with Crippen LogP contribution < -0.4 is 10.9 Å². The van der Waals surface area contributed by atoms with E-state index in [9.17, 15) is 13.2 Å². The Morgan fingerprint density at radius 1 is 1.27 bits per heavy atom. The molecule has 1 rings (SSSR count). The van der Waals surface area contributed by atoms with E-state index in [0.29, 0.717) is 0 Å². The Morgan fingerprint density at radius 3 is 2.27 bits per heavy atom. The average Bonchev–Trinajstić information content (AvgIpc) is 2.16. The number of primary sulfonamides is 1. The third kappa shape index (κ3) is 3.43. The van der Waals surface area contributed by atoms with Crippen LogP contribution in [0.2, 0.25) is 0 Å². The van der Waals surface area contributed by atoms with Gasteiger partial charge in [-0.3, -0.25) is 4.79 Å². The number of carbonyl (C=O) groups is 1. The fraction of sp³-hybridized carbons (Fsp3) is 0.222. The topological polar surface area (TPSA) is 103 Å². The standard InChI is InChI=1S/C9H12N2O3S/c10-8(9(12)15(11,13)14)6-7-4-2-1-3-5-7/h1-5,8H,6,10H2,(H2,11,13,14). The smallest absolute Gasteiger partial charge is 0.278 e. The van der Waals surface area contributed by atoms with Crippen LogP contribution in [0, 0.1) is 0 Å². The number of hydrogen-bond donors (Lipinski definition) is 2. The Labute approximate surface area is 88.1 Å². The lowest BCUT2D eigenvalue weighted by atomic mass is 10.1. The van der Waals surface area contributed by atoms with Crippen molar-refractivity contribution >= 4 is 15.1 Å². The zero-order valence-electron chi connectivity index (χ0n) is 7.96. The van der Waals surface area contributed by atoms with Crippen LogP contribution in [0.15, 0.2) is 30.3 Å². The minimum absolute atomic E-state index is 0.163. The zero-order chi connectivity index (χ0) is 11.5. The summed E-state index contributed by atoms with van der Waals surface area (Å²) in [6, 6.07) is 7.79. The Kier molecular flexibility index (Phi) is 3.57. The summed E-state index contributed by atoms with van der Waals surface area (Å²) in [6.07, 6.45) is 0.163. The van der Waals surface area contributed by atoms with Crippen molar-refractivity contribution in [2.75, 3.05) is 0 Å². The molecule has 0 radical (unpaired) electrons. The van der Waals surface area contributed by atoms with Gasteiger partial charge in [-0.1, -0.05) is 30.3 Å². The second-order valence-corrected chi connectivity index (χ2v) is 4.65. The Morgan fingerprint density at radius 2 is 1.80 bits per heavy atom. The molecule has 4 N–H and O–H groups in total. The molecule has 5 nitrogen and oxygen atoms in total. The van der Waals surface area contributed by atoms with E-state index in [4.69, 9.17) is 5.73 Å². The monoisotopic (exact) mass is 228 g/mol. The fourth-order valence-electron chi connectivity index (χ4n) is 1.16. The summed E-state index contributed by atoms with van der Waals surface area (Å²) in [5, 5.41) is 3.54. The molecule has 0 amide bonds. The van der Waals surface area contributed by atoms with Crippen molar-refractivity contribution < 1.29 is 13.2 Å². The maximum absolute atomic E-state index is 11.1. The van der Waals surface area contributed by atoms with Gasteiger partial charge in [-0.2, -0.15) is 0 Å². The largest absolute Gasteiger partial charge is 0.320 e. The second kappa shape index (κ2) is 4.52. The van der Waals surface area contributed by atoms with Crippen LogP contribution in [0.4, 0.5) is 0 Å². The van der Waals surface area contributed by atoms with E-state index in [0.717, 1.165) is 5.56 Å². The molecule has 1 unspecified atom stereocenters. The van der Waals surface area contributed by atoms with Gasteiger partial charge >= 0.3 is 0 Å². The molecular weight excluding hydrogens is 216 g/mol. The van der Waals surface area contributed by atoms with Crippen LogP contribution in [0.1, 0.15) is 5.56 Å². The van der Waals surface area contributed by atoms with Gasteiger partial charge in [0.25, 0.3) is 15.1 Å². The van der Waals surface area contributed by atoms with Crippen molar-refractivity contribution in [1.29, 1.82) is 0 Å². The van der Waals surface area contributed by atoms with Gasteiger partial charge in [-0.15, -0.1) is 0 Å². The molecule has 1 aromatic carbocycles. The molecule has 0 saturated heterocycles. The summed E-state index contributed by atoms with van der Waals surface area (Å²) in [5.41, 5.74) is 6.22. The Hall–Kier alpha value is -1.24. The highest BCUT2D eigenvalue weighted by Crippen LogP contribution is 2.03. The molecule has 15 heavy (non-hydrogen) atoms. The van der Waals surface area contributed by atoms with Crippen molar-refractivity contribution in [1.82, 2.24) is 0 Å². The second-order valence-electron chi connectivity index (χ2n) is 3.16. The quantitative estimate of drug-likeness (QED) is 0.718. The summed E-state index contributed by atoms with van der Waals surface area (Å²) < 4.78 is 21.4. The summed E-state index contributed by atoms with van der Waals surface area (Å²) in [5.74, 6) is 0. The predicted molar refractivity (Wildman–Crippen MR) is 56.2 cm³/mol. The zero-order valence-corrected chi connectivity index (χ0v) is 8.78. The van der Waals surface area contributed by atoms with Crippen molar-refractivity contribution in [2.45, 2.75) is 12.5 Å². The highest BCUT2D eigenvalue weighted by atomic mass is 32.2. The molecule has 0 aliphatic carbocycles. The van der Waals surface area contributed by atoms with E-state index in [1.54, 1.807) is 24.3 Å². The maximum Gasteiger partial charge on any atom is 0.278 e. The normalized spacial score (nSPS) is 13.5. The molecule has 82 valence electrons. The first kappa shape index (κ1) is 11.8. The lowest BCUT2D eigenvalue weighted by molar-refractivity contribution is -0.112. The minimum atomic E-state index is -4.19. The molecule has 1 aromatic rings. The lowest BCUT2D eigenvalue weighted by Crippen LogP contribution is -2.40. The van der Waals surface area contributed by atoms with Gasteiger partial charge in [0.1, 0.15) is 0 Å². The van der Waals surface area contributed by atoms with Crippen molar-refractivity contribution in [2.24, 2.45) is 10.9 Å². The average molecular weight is 228 g/mol. The van der Waals surface area contributed by atoms with E-state index in [-0.39, 0.29) is 6.42 Å². The summed E-state index contributed by atoms with van der Waals surface area (Å²) in [6.45, 7) is 0. The van der Waals surface area contributed by atoms with Crippen LogP contribution in [0.3, 0.4) is 0 Å². The molecule has 0 aromatic heterocycles.